The quantitative estimate of drug-likeness (QED) is 0.454. The largest absolute Gasteiger partial charge is 0.497 e. The number of hydrogen-bond donors (Lipinski definition) is 0. The van der Waals surface area contributed by atoms with E-state index < -0.39 is 0 Å². The van der Waals surface area contributed by atoms with Gasteiger partial charge in [0, 0.05) is 5.75 Å². The molecular weight excluding hydrogens is 343 g/mol. The van der Waals surface area contributed by atoms with Crippen LogP contribution in [0.25, 0.3) is 0 Å². The van der Waals surface area contributed by atoms with Crippen LogP contribution in [0.15, 0.2) is 53.7 Å². The van der Waals surface area contributed by atoms with E-state index in [2.05, 4.69) is 15.5 Å². The van der Waals surface area contributed by atoms with Crippen LogP contribution in [0.3, 0.4) is 0 Å². The van der Waals surface area contributed by atoms with E-state index in [4.69, 9.17) is 9.47 Å². The van der Waals surface area contributed by atoms with Gasteiger partial charge in [-0.3, -0.25) is 0 Å². The van der Waals surface area contributed by atoms with E-state index in [-0.39, 0.29) is 11.6 Å². The molecule has 0 fully saturated rings. The lowest BCUT2D eigenvalue weighted by Crippen LogP contribution is -2.06. The van der Waals surface area contributed by atoms with Crippen molar-refractivity contribution in [3.63, 3.8) is 0 Å². The molecule has 0 unspecified atom stereocenters. The van der Waals surface area contributed by atoms with Crippen molar-refractivity contribution in [2.45, 2.75) is 11.7 Å². The number of methoxy groups -OCH3 is 1. The summed E-state index contributed by atoms with van der Waals surface area (Å²) < 4.78 is 25.8. The third-order valence-electron chi connectivity index (χ3n) is 3.40. The molecule has 25 heavy (non-hydrogen) atoms. The predicted octanol–water partition coefficient (Wildman–Crippen LogP) is 3.04. The lowest BCUT2D eigenvalue weighted by Gasteiger charge is -2.07. The summed E-state index contributed by atoms with van der Waals surface area (Å²) in [6.07, 6.45) is 0. The van der Waals surface area contributed by atoms with Crippen LogP contribution in [-0.2, 0) is 6.54 Å². The summed E-state index contributed by atoms with van der Waals surface area (Å²) in [7, 11) is 1.63. The summed E-state index contributed by atoms with van der Waals surface area (Å²) in [6, 6.07) is 14.1. The van der Waals surface area contributed by atoms with Gasteiger partial charge >= 0.3 is 0 Å². The van der Waals surface area contributed by atoms with Gasteiger partial charge in [0.2, 0.25) is 5.16 Å². The minimum Gasteiger partial charge on any atom is -0.497 e. The standard InChI is InChI=1S/C17H17FN4O2S/c1-23-14-8-6-13(7-9-14)12-22-17(19-20-21-22)25-11-10-24-16-5-3-2-4-15(16)18/h2-9H,10-12H2,1H3. The van der Waals surface area contributed by atoms with E-state index in [1.165, 1.54) is 17.8 Å². The minimum atomic E-state index is -0.364. The van der Waals surface area contributed by atoms with Crippen molar-refractivity contribution >= 4 is 11.8 Å². The number of benzene rings is 2. The molecule has 0 aliphatic rings. The molecule has 1 heterocycles. The molecule has 0 saturated carbocycles. The summed E-state index contributed by atoms with van der Waals surface area (Å²) in [6.45, 7) is 0.925. The van der Waals surface area contributed by atoms with Gasteiger partial charge in [0.1, 0.15) is 5.75 Å². The summed E-state index contributed by atoms with van der Waals surface area (Å²) in [4.78, 5) is 0. The normalized spacial score (nSPS) is 10.6. The fourth-order valence-electron chi connectivity index (χ4n) is 2.15. The number of hydrogen-bond acceptors (Lipinski definition) is 6. The van der Waals surface area contributed by atoms with Crippen LogP contribution >= 0.6 is 11.8 Å². The first-order chi connectivity index (χ1) is 12.3. The zero-order valence-electron chi connectivity index (χ0n) is 13.6. The Morgan fingerprint density at radius 2 is 1.92 bits per heavy atom. The van der Waals surface area contributed by atoms with Crippen molar-refractivity contribution in [2.75, 3.05) is 19.5 Å². The summed E-state index contributed by atoms with van der Waals surface area (Å²) in [5, 5.41) is 12.4. The van der Waals surface area contributed by atoms with E-state index in [1.54, 1.807) is 30.0 Å². The van der Waals surface area contributed by atoms with Crippen LogP contribution in [-0.4, -0.2) is 39.7 Å². The number of rotatable bonds is 8. The molecule has 130 valence electrons. The molecule has 8 heteroatoms. The highest BCUT2D eigenvalue weighted by Gasteiger charge is 2.08. The first kappa shape index (κ1) is 17.2. The Bertz CT molecular complexity index is 810. The van der Waals surface area contributed by atoms with Crippen molar-refractivity contribution in [1.29, 1.82) is 0 Å². The van der Waals surface area contributed by atoms with Crippen LogP contribution in [0.1, 0.15) is 5.56 Å². The van der Waals surface area contributed by atoms with Gasteiger partial charge in [-0.1, -0.05) is 36.0 Å². The van der Waals surface area contributed by atoms with Crippen molar-refractivity contribution in [3.8, 4) is 11.5 Å². The molecule has 3 rings (SSSR count). The Morgan fingerprint density at radius 3 is 2.68 bits per heavy atom. The van der Waals surface area contributed by atoms with Gasteiger partial charge in [-0.2, -0.15) is 0 Å². The minimum absolute atomic E-state index is 0.251. The first-order valence-electron chi connectivity index (χ1n) is 7.65. The smallest absolute Gasteiger partial charge is 0.209 e. The number of aromatic nitrogens is 4. The lowest BCUT2D eigenvalue weighted by molar-refractivity contribution is 0.324. The third kappa shape index (κ3) is 4.69. The van der Waals surface area contributed by atoms with Gasteiger partial charge in [0.05, 0.1) is 20.3 Å². The number of nitrogens with zero attached hydrogens (tertiary/aromatic N) is 4. The van der Waals surface area contributed by atoms with Crippen molar-refractivity contribution < 1.29 is 13.9 Å². The topological polar surface area (TPSA) is 62.1 Å². The predicted molar refractivity (Wildman–Crippen MR) is 92.5 cm³/mol. The molecule has 2 aromatic carbocycles. The van der Waals surface area contributed by atoms with E-state index in [0.29, 0.717) is 24.1 Å². The highest BCUT2D eigenvalue weighted by atomic mass is 32.2. The van der Waals surface area contributed by atoms with Crippen molar-refractivity contribution in [3.05, 3.63) is 59.9 Å². The average Bonchev–Trinajstić information content (AvgIpc) is 3.08. The Hall–Kier alpha value is -2.61. The SMILES string of the molecule is COc1ccc(Cn2nnnc2SCCOc2ccccc2F)cc1. The lowest BCUT2D eigenvalue weighted by atomic mass is 10.2. The van der Waals surface area contributed by atoms with E-state index in [0.717, 1.165) is 11.3 Å². The number of halogens is 1. The fourth-order valence-corrected chi connectivity index (χ4v) is 2.84. The second kappa shape index (κ2) is 8.48. The molecule has 0 aliphatic carbocycles. The van der Waals surface area contributed by atoms with Gasteiger partial charge < -0.3 is 9.47 Å². The molecule has 0 bridgehead atoms. The number of tetrazole rings is 1. The first-order valence-corrected chi connectivity index (χ1v) is 8.64. The Kier molecular flexibility index (Phi) is 5.84. The maximum Gasteiger partial charge on any atom is 0.209 e. The van der Waals surface area contributed by atoms with Gasteiger partial charge in [-0.15, -0.1) is 5.10 Å². The highest BCUT2D eigenvalue weighted by Crippen LogP contribution is 2.19. The average molecular weight is 360 g/mol. The molecule has 0 radical (unpaired) electrons. The van der Waals surface area contributed by atoms with Gasteiger partial charge in [0.25, 0.3) is 0 Å². The third-order valence-corrected chi connectivity index (χ3v) is 4.32. The summed E-state index contributed by atoms with van der Waals surface area (Å²) in [5.41, 5.74) is 1.07. The van der Waals surface area contributed by atoms with E-state index in [9.17, 15) is 4.39 Å². The molecule has 0 saturated heterocycles. The van der Waals surface area contributed by atoms with Crippen LogP contribution in [0.5, 0.6) is 11.5 Å². The van der Waals surface area contributed by atoms with Crippen LogP contribution in [0.4, 0.5) is 4.39 Å². The molecular formula is C17H17FN4O2S. The van der Waals surface area contributed by atoms with Crippen molar-refractivity contribution in [2.24, 2.45) is 0 Å². The zero-order chi connectivity index (χ0) is 17.5. The molecule has 3 aromatic rings. The van der Waals surface area contributed by atoms with Crippen LogP contribution < -0.4 is 9.47 Å². The Labute approximate surface area is 149 Å². The summed E-state index contributed by atoms with van der Waals surface area (Å²) in [5.74, 6) is 1.30. The Morgan fingerprint density at radius 1 is 1.12 bits per heavy atom. The highest BCUT2D eigenvalue weighted by molar-refractivity contribution is 7.99. The van der Waals surface area contributed by atoms with Crippen LogP contribution in [0, 0.1) is 5.82 Å². The second-order valence-corrected chi connectivity index (χ2v) is 6.16. The second-order valence-electron chi connectivity index (χ2n) is 5.09. The maximum absolute atomic E-state index is 13.5. The molecule has 1 aromatic heterocycles. The number of para-hydroxylation sites is 1. The van der Waals surface area contributed by atoms with Gasteiger partial charge in [-0.05, 0) is 40.3 Å². The number of thioether (sulfide) groups is 1. The summed E-state index contributed by atoms with van der Waals surface area (Å²) >= 11 is 1.46. The van der Waals surface area contributed by atoms with E-state index >= 15 is 0 Å². The van der Waals surface area contributed by atoms with Gasteiger partial charge in [-0.25, -0.2) is 9.07 Å². The zero-order valence-corrected chi connectivity index (χ0v) is 14.4. The molecule has 0 atom stereocenters. The molecule has 0 aliphatic heterocycles. The molecule has 0 amide bonds. The van der Waals surface area contributed by atoms with Crippen molar-refractivity contribution in [1.82, 2.24) is 20.2 Å². The number of ether oxygens (including phenoxy) is 2. The molecule has 0 N–H and O–H groups in total. The molecule has 0 spiro atoms. The Balaban J connectivity index is 1.52. The van der Waals surface area contributed by atoms with Gasteiger partial charge in [0.15, 0.2) is 11.6 Å². The van der Waals surface area contributed by atoms with E-state index in [1.807, 2.05) is 24.3 Å². The van der Waals surface area contributed by atoms with Crippen LogP contribution in [0.2, 0.25) is 0 Å². The maximum atomic E-state index is 13.5. The molecule has 6 nitrogen and oxygen atoms in total. The monoisotopic (exact) mass is 360 g/mol. The fraction of sp³-hybridized carbons (Fsp3) is 0.235.